The van der Waals surface area contributed by atoms with E-state index in [1.54, 1.807) is 18.2 Å². The summed E-state index contributed by atoms with van der Waals surface area (Å²) in [6, 6.07) is 25.2. The average molecular weight is 433 g/mol. The second kappa shape index (κ2) is 13.0. The van der Waals surface area contributed by atoms with E-state index in [-0.39, 0.29) is 17.7 Å². The molecule has 2 N–H and O–H groups in total. The summed E-state index contributed by atoms with van der Waals surface area (Å²) in [5.41, 5.74) is 3.40. The summed E-state index contributed by atoms with van der Waals surface area (Å²) in [4.78, 5) is 24.1. The van der Waals surface area contributed by atoms with Gasteiger partial charge in [-0.3, -0.25) is 4.79 Å². The van der Waals surface area contributed by atoms with E-state index >= 15 is 0 Å². The number of nitrogens with one attached hydrogen (secondary N) is 2. The molecule has 32 heavy (non-hydrogen) atoms. The monoisotopic (exact) mass is 432 g/mol. The minimum absolute atomic E-state index is 0.0744. The minimum atomic E-state index is -0.339. The fourth-order valence-electron chi connectivity index (χ4n) is 3.42. The van der Waals surface area contributed by atoms with Gasteiger partial charge in [-0.1, -0.05) is 74.5 Å². The maximum absolute atomic E-state index is 12.5. The molecule has 0 saturated heterocycles. The number of ether oxygens (including phenoxy) is 1. The van der Waals surface area contributed by atoms with E-state index in [1.807, 2.05) is 50.2 Å². The summed E-state index contributed by atoms with van der Waals surface area (Å²) >= 11 is 0. The molecule has 5 heteroatoms. The molecule has 168 valence electrons. The highest BCUT2D eigenvalue weighted by atomic mass is 16.5. The number of urea groups is 1. The maximum Gasteiger partial charge on any atom is 0.319 e. The van der Waals surface area contributed by atoms with Crippen molar-refractivity contribution in [3.8, 4) is 5.75 Å². The normalized spacial score (nSPS) is 10.0. The highest BCUT2D eigenvalue weighted by Crippen LogP contribution is 2.28. The highest BCUT2D eigenvalue weighted by Gasteiger charge is 2.15. The van der Waals surface area contributed by atoms with Crippen LogP contribution in [0.3, 0.4) is 0 Å². The molecule has 0 spiro atoms. The van der Waals surface area contributed by atoms with Crippen LogP contribution in [0.1, 0.15) is 54.6 Å². The summed E-state index contributed by atoms with van der Waals surface area (Å²) in [7, 11) is 1.52. The van der Waals surface area contributed by atoms with E-state index in [0.717, 1.165) is 6.42 Å². The molecule has 3 aromatic rings. The van der Waals surface area contributed by atoms with Gasteiger partial charge in [0.15, 0.2) is 5.78 Å². The topological polar surface area (TPSA) is 67.4 Å². The lowest BCUT2D eigenvalue weighted by molar-refractivity contribution is 0.101. The van der Waals surface area contributed by atoms with Crippen LogP contribution < -0.4 is 15.4 Å². The summed E-state index contributed by atoms with van der Waals surface area (Å²) in [6.07, 6.45) is 0.756. The molecule has 0 saturated carbocycles. The first-order valence-electron chi connectivity index (χ1n) is 10.9. The van der Waals surface area contributed by atoms with Crippen LogP contribution in [0.2, 0.25) is 0 Å². The van der Waals surface area contributed by atoms with Gasteiger partial charge in [0, 0.05) is 18.0 Å². The molecule has 0 aliphatic rings. The Morgan fingerprint density at radius 3 is 1.94 bits per heavy atom. The Bertz CT molecular complexity index is 949. The molecule has 0 bridgehead atoms. The van der Waals surface area contributed by atoms with Crippen LogP contribution in [0.15, 0.2) is 78.9 Å². The van der Waals surface area contributed by atoms with Crippen molar-refractivity contribution in [2.24, 2.45) is 0 Å². The van der Waals surface area contributed by atoms with E-state index in [1.165, 1.54) is 25.2 Å². The number of hydrogen-bond acceptors (Lipinski definition) is 3. The molecule has 0 fully saturated rings. The van der Waals surface area contributed by atoms with E-state index in [0.29, 0.717) is 23.5 Å². The largest absolute Gasteiger partial charge is 0.495 e. The van der Waals surface area contributed by atoms with Crippen molar-refractivity contribution in [2.45, 2.75) is 33.1 Å². The first kappa shape index (κ1) is 24.7. The maximum atomic E-state index is 12.5. The van der Waals surface area contributed by atoms with Gasteiger partial charge in [-0.25, -0.2) is 4.79 Å². The number of anilines is 1. The van der Waals surface area contributed by atoms with Crippen molar-refractivity contribution in [3.63, 3.8) is 0 Å². The van der Waals surface area contributed by atoms with Gasteiger partial charge in [0.2, 0.25) is 0 Å². The first-order chi connectivity index (χ1) is 15.6. The molecule has 0 heterocycles. The number of benzene rings is 3. The first-order valence-corrected chi connectivity index (χ1v) is 10.9. The Labute approximate surface area is 190 Å². The summed E-state index contributed by atoms with van der Waals surface area (Å²) in [6.45, 7) is 5.98. The van der Waals surface area contributed by atoms with E-state index < -0.39 is 0 Å². The molecule has 0 aliphatic heterocycles. The standard InChI is InChI=1S/C25H26N2O3.C2H6/c1-18(28)21-13-14-24(30-2)23(17-21)27-25(29)26-16-15-22(19-9-5-3-6-10-19)20-11-7-4-8-12-20;1-2/h3-14,17,22H,15-16H2,1-2H3,(H2,26,27,29);1-2H3. The fraction of sp³-hybridized carbons (Fsp3) is 0.259. The second-order valence-electron chi connectivity index (χ2n) is 7.01. The van der Waals surface area contributed by atoms with Gasteiger partial charge in [0.25, 0.3) is 0 Å². The predicted octanol–water partition coefficient (Wildman–Crippen LogP) is 6.27. The smallest absolute Gasteiger partial charge is 0.319 e. The molecule has 0 radical (unpaired) electrons. The van der Waals surface area contributed by atoms with E-state index in [4.69, 9.17) is 4.74 Å². The third kappa shape index (κ3) is 6.98. The molecular formula is C27H32N2O3. The zero-order valence-corrected chi connectivity index (χ0v) is 19.2. The zero-order valence-electron chi connectivity index (χ0n) is 19.2. The lowest BCUT2D eigenvalue weighted by Gasteiger charge is -2.19. The van der Waals surface area contributed by atoms with Crippen molar-refractivity contribution in [1.82, 2.24) is 5.32 Å². The van der Waals surface area contributed by atoms with Crippen molar-refractivity contribution in [3.05, 3.63) is 95.6 Å². The van der Waals surface area contributed by atoms with Crippen LogP contribution in [0, 0.1) is 0 Å². The van der Waals surface area contributed by atoms with Crippen LogP contribution in [0.25, 0.3) is 0 Å². The highest BCUT2D eigenvalue weighted by molar-refractivity contribution is 5.97. The summed E-state index contributed by atoms with van der Waals surface area (Å²) in [5, 5.41) is 5.69. The molecule has 2 amide bonds. The quantitative estimate of drug-likeness (QED) is 0.412. The second-order valence-corrected chi connectivity index (χ2v) is 7.01. The Morgan fingerprint density at radius 2 is 1.44 bits per heavy atom. The number of hydrogen-bond donors (Lipinski definition) is 2. The molecule has 0 aromatic heterocycles. The Kier molecular flexibility index (Phi) is 9.98. The lowest BCUT2D eigenvalue weighted by Crippen LogP contribution is -2.30. The van der Waals surface area contributed by atoms with E-state index in [2.05, 4.69) is 34.9 Å². The van der Waals surface area contributed by atoms with Crippen molar-refractivity contribution in [1.29, 1.82) is 0 Å². The van der Waals surface area contributed by atoms with E-state index in [9.17, 15) is 9.59 Å². The van der Waals surface area contributed by atoms with Gasteiger partial charge >= 0.3 is 6.03 Å². The van der Waals surface area contributed by atoms with Crippen LogP contribution in [0.5, 0.6) is 5.75 Å². The summed E-state index contributed by atoms with van der Waals surface area (Å²) < 4.78 is 5.29. The van der Waals surface area contributed by atoms with Crippen molar-refractivity contribution < 1.29 is 14.3 Å². The molecule has 3 rings (SSSR count). The Hall–Kier alpha value is -3.60. The van der Waals surface area contributed by atoms with Gasteiger partial charge in [-0.05, 0) is 42.7 Å². The van der Waals surface area contributed by atoms with Crippen LogP contribution in [0.4, 0.5) is 10.5 Å². The number of rotatable bonds is 8. The molecule has 0 atom stereocenters. The van der Waals surface area contributed by atoms with Crippen LogP contribution >= 0.6 is 0 Å². The lowest BCUT2D eigenvalue weighted by atomic mass is 9.88. The van der Waals surface area contributed by atoms with Crippen molar-refractivity contribution in [2.75, 3.05) is 19.0 Å². The zero-order chi connectivity index (χ0) is 23.3. The molecule has 0 aliphatic carbocycles. The molecule has 5 nitrogen and oxygen atoms in total. The Morgan fingerprint density at radius 1 is 0.875 bits per heavy atom. The van der Waals surface area contributed by atoms with Gasteiger partial charge in [0.05, 0.1) is 12.8 Å². The van der Waals surface area contributed by atoms with Gasteiger partial charge in [-0.15, -0.1) is 0 Å². The fourth-order valence-corrected chi connectivity index (χ4v) is 3.42. The third-order valence-corrected chi connectivity index (χ3v) is 4.98. The van der Waals surface area contributed by atoms with Crippen LogP contribution in [-0.4, -0.2) is 25.5 Å². The number of methoxy groups -OCH3 is 1. The number of amides is 2. The van der Waals surface area contributed by atoms with Crippen molar-refractivity contribution >= 4 is 17.5 Å². The molecule has 3 aromatic carbocycles. The minimum Gasteiger partial charge on any atom is -0.495 e. The SMILES string of the molecule is CC.COc1ccc(C(C)=O)cc1NC(=O)NCCC(c1ccccc1)c1ccccc1. The number of carbonyl (C=O) groups is 2. The predicted molar refractivity (Wildman–Crippen MR) is 131 cm³/mol. The average Bonchev–Trinajstić information content (AvgIpc) is 2.84. The van der Waals surface area contributed by atoms with Gasteiger partial charge in [-0.2, -0.15) is 0 Å². The number of ketones is 1. The van der Waals surface area contributed by atoms with Gasteiger partial charge < -0.3 is 15.4 Å². The number of carbonyl (C=O) groups excluding carboxylic acids is 2. The summed E-state index contributed by atoms with van der Waals surface area (Å²) in [5.74, 6) is 0.611. The number of Topliss-reactive ketones (excluding diaryl/α,β-unsaturated/α-hetero) is 1. The third-order valence-electron chi connectivity index (χ3n) is 4.98. The van der Waals surface area contributed by atoms with Gasteiger partial charge in [0.1, 0.15) is 5.75 Å². The Balaban J connectivity index is 0.00000176. The molecular weight excluding hydrogens is 400 g/mol. The van der Waals surface area contributed by atoms with Crippen LogP contribution in [-0.2, 0) is 0 Å². The molecule has 0 unspecified atom stereocenters.